The van der Waals surface area contributed by atoms with Crippen molar-refractivity contribution in [3.05, 3.63) is 29.3 Å². The number of piperazine rings is 1. The predicted molar refractivity (Wildman–Crippen MR) is 106 cm³/mol. The van der Waals surface area contributed by atoms with Gasteiger partial charge in [-0.1, -0.05) is 18.2 Å². The lowest BCUT2D eigenvalue weighted by Crippen LogP contribution is -2.52. The molecule has 3 rings (SSSR count). The highest BCUT2D eigenvalue weighted by molar-refractivity contribution is 5.93. The van der Waals surface area contributed by atoms with Gasteiger partial charge in [-0.05, 0) is 50.7 Å². The van der Waals surface area contributed by atoms with E-state index in [1.54, 1.807) is 0 Å². The molecule has 0 spiro atoms. The maximum absolute atomic E-state index is 12.5. The number of carbonyl (C=O) groups is 2. The molecule has 2 aliphatic rings. The van der Waals surface area contributed by atoms with Gasteiger partial charge in [-0.3, -0.25) is 14.5 Å². The fourth-order valence-electron chi connectivity index (χ4n) is 3.41. The third kappa shape index (κ3) is 5.53. The molecule has 27 heavy (non-hydrogen) atoms. The van der Waals surface area contributed by atoms with E-state index in [0.717, 1.165) is 16.8 Å². The summed E-state index contributed by atoms with van der Waals surface area (Å²) in [7, 11) is 0. The topological polar surface area (TPSA) is 61.9 Å². The predicted octanol–water partition coefficient (Wildman–Crippen LogP) is 2.20. The van der Waals surface area contributed by atoms with Crippen molar-refractivity contribution in [3.63, 3.8) is 0 Å². The van der Waals surface area contributed by atoms with Crippen molar-refractivity contribution >= 4 is 17.5 Å². The van der Waals surface area contributed by atoms with Crippen molar-refractivity contribution in [1.82, 2.24) is 9.80 Å². The zero-order valence-electron chi connectivity index (χ0n) is 16.7. The first-order chi connectivity index (χ1) is 12.9. The number of para-hydroxylation sites is 1. The SMILES string of the molecule is Cc1cccc(C)c1NC(=O)CN1CCN(C(=O)C(C)OCC2CC2)CC1. The summed E-state index contributed by atoms with van der Waals surface area (Å²) < 4.78 is 5.69. The maximum Gasteiger partial charge on any atom is 0.251 e. The molecule has 0 bridgehead atoms. The number of benzene rings is 1. The Labute approximate surface area is 161 Å². The molecule has 1 aliphatic heterocycles. The average Bonchev–Trinajstić information content (AvgIpc) is 3.47. The number of nitrogens with zero attached hydrogens (tertiary/aromatic N) is 2. The van der Waals surface area contributed by atoms with Gasteiger partial charge in [0.1, 0.15) is 6.10 Å². The molecule has 1 saturated carbocycles. The second kappa shape index (κ2) is 8.85. The van der Waals surface area contributed by atoms with E-state index < -0.39 is 0 Å². The van der Waals surface area contributed by atoms with Crippen molar-refractivity contribution in [2.45, 2.75) is 39.7 Å². The number of anilines is 1. The van der Waals surface area contributed by atoms with Crippen molar-refractivity contribution in [2.24, 2.45) is 5.92 Å². The standard InChI is InChI=1S/C21H31N3O3/c1-15-5-4-6-16(2)20(15)22-19(25)13-23-9-11-24(12-10-23)21(26)17(3)27-14-18-7-8-18/h4-6,17-18H,7-14H2,1-3H3,(H,22,25). The summed E-state index contributed by atoms with van der Waals surface area (Å²) in [6, 6.07) is 5.99. The lowest BCUT2D eigenvalue weighted by Gasteiger charge is -2.35. The van der Waals surface area contributed by atoms with Crippen molar-refractivity contribution in [1.29, 1.82) is 0 Å². The van der Waals surface area contributed by atoms with Crippen LogP contribution in [-0.2, 0) is 14.3 Å². The van der Waals surface area contributed by atoms with Crippen LogP contribution in [0.15, 0.2) is 18.2 Å². The second-order valence-electron chi connectivity index (χ2n) is 7.84. The molecule has 1 atom stereocenters. The summed E-state index contributed by atoms with van der Waals surface area (Å²) in [4.78, 5) is 28.8. The first kappa shape index (κ1) is 19.8. The molecule has 2 amide bonds. The summed E-state index contributed by atoms with van der Waals surface area (Å²) in [6.45, 7) is 9.60. The van der Waals surface area contributed by atoms with Gasteiger partial charge in [-0.2, -0.15) is 0 Å². The highest BCUT2D eigenvalue weighted by Crippen LogP contribution is 2.29. The molecule has 1 aromatic carbocycles. The number of hydrogen-bond acceptors (Lipinski definition) is 4. The van der Waals surface area contributed by atoms with E-state index in [4.69, 9.17) is 4.74 Å². The van der Waals surface area contributed by atoms with Crippen molar-refractivity contribution in [3.8, 4) is 0 Å². The zero-order valence-corrected chi connectivity index (χ0v) is 16.7. The molecule has 6 nitrogen and oxygen atoms in total. The Hall–Kier alpha value is -1.92. The van der Waals surface area contributed by atoms with Gasteiger partial charge in [0.05, 0.1) is 13.2 Å². The summed E-state index contributed by atoms with van der Waals surface area (Å²) in [5.41, 5.74) is 3.04. The van der Waals surface area contributed by atoms with Crippen LogP contribution in [0.5, 0.6) is 0 Å². The molecule has 1 aromatic rings. The zero-order chi connectivity index (χ0) is 19.4. The molecule has 1 heterocycles. The third-order valence-electron chi connectivity index (χ3n) is 5.42. The summed E-state index contributed by atoms with van der Waals surface area (Å²) in [5, 5.41) is 3.03. The lowest BCUT2D eigenvalue weighted by atomic mass is 10.1. The van der Waals surface area contributed by atoms with E-state index in [-0.39, 0.29) is 17.9 Å². The van der Waals surface area contributed by atoms with Gasteiger partial charge < -0.3 is 15.0 Å². The molecule has 0 aromatic heterocycles. The molecule has 1 aliphatic carbocycles. The largest absolute Gasteiger partial charge is 0.368 e. The van der Waals surface area contributed by atoms with Crippen LogP contribution in [-0.4, -0.2) is 67.0 Å². The summed E-state index contributed by atoms with van der Waals surface area (Å²) >= 11 is 0. The van der Waals surface area contributed by atoms with Crippen molar-refractivity contribution in [2.75, 3.05) is 44.6 Å². The monoisotopic (exact) mass is 373 g/mol. The number of aryl methyl sites for hydroxylation is 2. The molecule has 1 saturated heterocycles. The Morgan fingerprint density at radius 3 is 2.37 bits per heavy atom. The van der Waals surface area contributed by atoms with Crippen LogP contribution in [0.2, 0.25) is 0 Å². The van der Waals surface area contributed by atoms with Crippen molar-refractivity contribution < 1.29 is 14.3 Å². The normalized spacial score (nSPS) is 19.0. The fraction of sp³-hybridized carbons (Fsp3) is 0.619. The minimum absolute atomic E-state index is 0.00619. The van der Waals surface area contributed by atoms with E-state index in [1.807, 2.05) is 43.9 Å². The van der Waals surface area contributed by atoms with E-state index in [1.165, 1.54) is 12.8 Å². The van der Waals surface area contributed by atoms with Gasteiger partial charge in [-0.25, -0.2) is 0 Å². The first-order valence-electron chi connectivity index (χ1n) is 9.93. The number of carbonyl (C=O) groups excluding carboxylic acids is 2. The van der Waals surface area contributed by atoms with Crippen LogP contribution in [0, 0.1) is 19.8 Å². The summed E-state index contributed by atoms with van der Waals surface area (Å²) in [5.74, 6) is 0.719. The molecular formula is C21H31N3O3. The number of ether oxygens (including phenoxy) is 1. The van der Waals surface area contributed by atoms with Gasteiger partial charge in [0.25, 0.3) is 5.91 Å². The van der Waals surface area contributed by atoms with Gasteiger partial charge in [-0.15, -0.1) is 0 Å². The van der Waals surface area contributed by atoms with Crippen LogP contribution in [0.25, 0.3) is 0 Å². The molecule has 2 fully saturated rings. The Bertz CT molecular complexity index is 659. The lowest BCUT2D eigenvalue weighted by molar-refractivity contribution is -0.144. The number of nitrogens with one attached hydrogen (secondary N) is 1. The molecule has 1 unspecified atom stereocenters. The minimum atomic E-state index is -0.371. The van der Waals surface area contributed by atoms with Crippen LogP contribution >= 0.6 is 0 Å². The Morgan fingerprint density at radius 2 is 1.78 bits per heavy atom. The average molecular weight is 373 g/mol. The quantitative estimate of drug-likeness (QED) is 0.796. The van der Waals surface area contributed by atoms with E-state index in [2.05, 4.69) is 10.2 Å². The summed E-state index contributed by atoms with van der Waals surface area (Å²) in [6.07, 6.45) is 2.08. The van der Waals surface area contributed by atoms with Crippen LogP contribution < -0.4 is 5.32 Å². The molecular weight excluding hydrogens is 342 g/mol. The molecule has 6 heteroatoms. The van der Waals surface area contributed by atoms with Gasteiger partial charge in [0.2, 0.25) is 5.91 Å². The third-order valence-corrected chi connectivity index (χ3v) is 5.42. The van der Waals surface area contributed by atoms with E-state index in [9.17, 15) is 9.59 Å². The molecule has 148 valence electrons. The van der Waals surface area contributed by atoms with Gasteiger partial charge in [0, 0.05) is 31.9 Å². The Kier molecular flexibility index (Phi) is 6.50. The Balaban J connectivity index is 1.42. The minimum Gasteiger partial charge on any atom is -0.368 e. The highest BCUT2D eigenvalue weighted by atomic mass is 16.5. The number of amides is 2. The van der Waals surface area contributed by atoms with E-state index in [0.29, 0.717) is 45.2 Å². The van der Waals surface area contributed by atoms with Gasteiger partial charge >= 0.3 is 0 Å². The van der Waals surface area contributed by atoms with Crippen LogP contribution in [0.4, 0.5) is 5.69 Å². The van der Waals surface area contributed by atoms with Crippen LogP contribution in [0.3, 0.4) is 0 Å². The number of rotatable bonds is 7. The van der Waals surface area contributed by atoms with Crippen LogP contribution in [0.1, 0.15) is 30.9 Å². The van der Waals surface area contributed by atoms with E-state index >= 15 is 0 Å². The highest BCUT2D eigenvalue weighted by Gasteiger charge is 2.28. The maximum atomic E-state index is 12.5. The van der Waals surface area contributed by atoms with Gasteiger partial charge in [0.15, 0.2) is 0 Å². The fourth-order valence-corrected chi connectivity index (χ4v) is 3.41. The molecule has 1 N–H and O–H groups in total. The smallest absolute Gasteiger partial charge is 0.251 e. The second-order valence-corrected chi connectivity index (χ2v) is 7.84. The first-order valence-corrected chi connectivity index (χ1v) is 9.93. The molecule has 0 radical (unpaired) electrons. The Morgan fingerprint density at radius 1 is 1.15 bits per heavy atom. The number of hydrogen-bond donors (Lipinski definition) is 1.